The van der Waals surface area contributed by atoms with Gasteiger partial charge in [-0.15, -0.1) is 11.3 Å². The summed E-state index contributed by atoms with van der Waals surface area (Å²) in [6.45, 7) is -0.271. The van der Waals surface area contributed by atoms with Crippen LogP contribution >= 0.6 is 11.3 Å². The number of sulfonamides is 1. The number of rotatable bonds is 1. The van der Waals surface area contributed by atoms with Crippen LogP contribution in [-0.2, 0) is 10.0 Å². The van der Waals surface area contributed by atoms with Crippen molar-refractivity contribution in [2.75, 3.05) is 13.7 Å². The monoisotopic (exact) mass is 231 g/mol. The van der Waals surface area contributed by atoms with E-state index in [1.807, 2.05) is 0 Å². The van der Waals surface area contributed by atoms with Crippen molar-refractivity contribution < 1.29 is 13.5 Å². The maximum atomic E-state index is 11.8. The Bertz CT molecular complexity index is 486. The minimum absolute atomic E-state index is 0.271. The number of likely N-dealkylation sites (N-methyl/N-ethyl adjacent to an activating group) is 1. The first kappa shape index (κ1) is 9.70. The Morgan fingerprint density at radius 2 is 2.29 bits per heavy atom. The van der Waals surface area contributed by atoms with Gasteiger partial charge >= 0.3 is 0 Å². The summed E-state index contributed by atoms with van der Waals surface area (Å²) in [7, 11) is -1.98. The molecule has 0 fully saturated rings. The molecule has 1 aliphatic rings. The summed E-state index contributed by atoms with van der Waals surface area (Å²) in [5, 5.41) is 10.7. The van der Waals surface area contributed by atoms with Crippen molar-refractivity contribution in [2.45, 2.75) is 4.90 Å². The normalized spacial score (nSPS) is 19.0. The molecule has 1 N–H and O–H groups in total. The Hall–Kier alpha value is -0.850. The van der Waals surface area contributed by atoms with Crippen molar-refractivity contribution in [3.8, 4) is 0 Å². The van der Waals surface area contributed by atoms with Gasteiger partial charge in [0.05, 0.1) is 12.3 Å². The summed E-state index contributed by atoms with van der Waals surface area (Å²) < 4.78 is 24.7. The number of fused-ring (bicyclic) bond motifs is 1. The first-order valence-electron chi connectivity index (χ1n) is 3.95. The lowest BCUT2D eigenvalue weighted by atomic mass is 10.3. The summed E-state index contributed by atoms with van der Waals surface area (Å²) in [5.41, 5.74) is 0.403. The minimum atomic E-state index is -3.42. The zero-order chi connectivity index (χ0) is 10.3. The second-order valence-electron chi connectivity index (χ2n) is 2.92. The Labute approximate surface area is 86.2 Å². The fraction of sp³-hybridized carbons (Fsp3) is 0.250. The SMILES string of the molecule is CN1C(CO)=Cc2sccc2S1(=O)=O. The molecule has 0 spiro atoms. The minimum Gasteiger partial charge on any atom is -0.390 e. The molecule has 1 aromatic rings. The maximum absolute atomic E-state index is 11.8. The number of nitrogens with zero attached hydrogens (tertiary/aromatic N) is 1. The van der Waals surface area contributed by atoms with Crippen LogP contribution in [0.25, 0.3) is 6.08 Å². The molecule has 0 saturated heterocycles. The van der Waals surface area contributed by atoms with Gasteiger partial charge < -0.3 is 5.11 Å². The molecule has 2 rings (SSSR count). The van der Waals surface area contributed by atoms with Crippen molar-refractivity contribution in [3.05, 3.63) is 22.0 Å². The molecule has 6 heteroatoms. The maximum Gasteiger partial charge on any atom is 0.265 e. The predicted octanol–water partition coefficient (Wildman–Crippen LogP) is 0.715. The topological polar surface area (TPSA) is 57.6 Å². The first-order valence-corrected chi connectivity index (χ1v) is 6.27. The van der Waals surface area contributed by atoms with Gasteiger partial charge in [0, 0.05) is 11.9 Å². The van der Waals surface area contributed by atoms with E-state index in [2.05, 4.69) is 0 Å². The Kier molecular flexibility index (Phi) is 2.13. The highest BCUT2D eigenvalue weighted by atomic mass is 32.2. The van der Waals surface area contributed by atoms with E-state index in [4.69, 9.17) is 5.11 Å². The van der Waals surface area contributed by atoms with Gasteiger partial charge in [0.1, 0.15) is 4.90 Å². The second kappa shape index (κ2) is 3.08. The third kappa shape index (κ3) is 1.18. The Balaban J connectivity index is 2.70. The van der Waals surface area contributed by atoms with Crippen LogP contribution in [0.4, 0.5) is 0 Å². The van der Waals surface area contributed by atoms with E-state index in [1.165, 1.54) is 18.4 Å². The smallest absolute Gasteiger partial charge is 0.265 e. The molecule has 4 nitrogen and oxygen atoms in total. The molecular formula is C8H9NO3S2. The van der Waals surface area contributed by atoms with Crippen LogP contribution < -0.4 is 0 Å². The van der Waals surface area contributed by atoms with Gasteiger partial charge in [-0.25, -0.2) is 8.42 Å². The third-order valence-electron chi connectivity index (χ3n) is 2.16. The highest BCUT2D eigenvalue weighted by Gasteiger charge is 2.29. The average molecular weight is 231 g/mol. The Morgan fingerprint density at radius 1 is 1.57 bits per heavy atom. The molecule has 0 aliphatic carbocycles. The molecular weight excluding hydrogens is 222 g/mol. The molecule has 0 aromatic carbocycles. The quantitative estimate of drug-likeness (QED) is 0.774. The fourth-order valence-corrected chi connectivity index (χ4v) is 3.87. The van der Waals surface area contributed by atoms with E-state index in [-0.39, 0.29) is 6.61 Å². The highest BCUT2D eigenvalue weighted by molar-refractivity contribution is 7.89. The fourth-order valence-electron chi connectivity index (χ4n) is 1.32. The summed E-state index contributed by atoms with van der Waals surface area (Å²) in [5.74, 6) is 0. The summed E-state index contributed by atoms with van der Waals surface area (Å²) in [4.78, 5) is 1.01. The van der Waals surface area contributed by atoms with Crippen LogP contribution in [0.15, 0.2) is 22.0 Å². The van der Waals surface area contributed by atoms with Crippen LogP contribution in [0.1, 0.15) is 4.88 Å². The van der Waals surface area contributed by atoms with Crippen molar-refractivity contribution in [1.29, 1.82) is 0 Å². The van der Waals surface area contributed by atoms with Gasteiger partial charge in [-0.3, -0.25) is 4.31 Å². The molecule has 0 amide bonds. The number of thiophene rings is 1. The van der Waals surface area contributed by atoms with E-state index < -0.39 is 10.0 Å². The highest BCUT2D eigenvalue weighted by Crippen LogP contribution is 2.32. The summed E-state index contributed by atoms with van der Waals surface area (Å²) >= 11 is 1.36. The summed E-state index contributed by atoms with van der Waals surface area (Å²) in [6.07, 6.45) is 1.70. The van der Waals surface area contributed by atoms with Crippen LogP contribution in [0.5, 0.6) is 0 Å². The van der Waals surface area contributed by atoms with Crippen LogP contribution in [0.2, 0.25) is 0 Å². The number of hydrogen-bond donors (Lipinski definition) is 1. The predicted molar refractivity (Wildman–Crippen MR) is 54.3 cm³/mol. The average Bonchev–Trinajstić information content (AvgIpc) is 2.60. The molecule has 0 radical (unpaired) electrons. The first-order chi connectivity index (χ1) is 6.57. The largest absolute Gasteiger partial charge is 0.390 e. The lowest BCUT2D eigenvalue weighted by Crippen LogP contribution is -2.30. The van der Waals surface area contributed by atoms with Crippen molar-refractivity contribution in [2.24, 2.45) is 0 Å². The summed E-state index contributed by atoms with van der Waals surface area (Å²) in [6, 6.07) is 1.58. The van der Waals surface area contributed by atoms with Gasteiger partial charge in [0.2, 0.25) is 0 Å². The van der Waals surface area contributed by atoms with Crippen molar-refractivity contribution in [3.63, 3.8) is 0 Å². The lowest BCUT2D eigenvalue weighted by Gasteiger charge is -2.24. The molecule has 0 bridgehead atoms. The van der Waals surface area contributed by atoms with Gasteiger partial charge in [0.15, 0.2) is 0 Å². The van der Waals surface area contributed by atoms with E-state index in [0.29, 0.717) is 15.5 Å². The van der Waals surface area contributed by atoms with Gasteiger partial charge in [-0.1, -0.05) is 0 Å². The molecule has 0 unspecified atom stereocenters. The van der Waals surface area contributed by atoms with Crippen LogP contribution in [-0.4, -0.2) is 31.5 Å². The van der Waals surface area contributed by atoms with E-state index in [0.717, 1.165) is 4.31 Å². The van der Waals surface area contributed by atoms with Gasteiger partial charge in [0.25, 0.3) is 10.0 Å². The second-order valence-corrected chi connectivity index (χ2v) is 5.80. The van der Waals surface area contributed by atoms with E-state index in [1.54, 1.807) is 17.5 Å². The molecule has 1 aromatic heterocycles. The zero-order valence-electron chi connectivity index (χ0n) is 7.47. The molecule has 0 saturated carbocycles. The van der Waals surface area contributed by atoms with Gasteiger partial charge in [-0.2, -0.15) is 0 Å². The lowest BCUT2D eigenvalue weighted by molar-refractivity contribution is 0.306. The van der Waals surface area contributed by atoms with Crippen LogP contribution in [0.3, 0.4) is 0 Å². The molecule has 76 valence electrons. The number of hydrogen-bond acceptors (Lipinski definition) is 4. The van der Waals surface area contributed by atoms with E-state index in [9.17, 15) is 8.42 Å². The Morgan fingerprint density at radius 3 is 2.93 bits per heavy atom. The number of aliphatic hydroxyl groups excluding tert-OH is 1. The van der Waals surface area contributed by atoms with Gasteiger partial charge in [-0.05, 0) is 17.5 Å². The zero-order valence-corrected chi connectivity index (χ0v) is 9.10. The van der Waals surface area contributed by atoms with Crippen molar-refractivity contribution in [1.82, 2.24) is 4.31 Å². The standard InChI is InChI=1S/C8H9NO3S2/c1-9-6(5-10)4-7-8(2-3-13-7)14(9,11)12/h2-4,10H,5H2,1H3. The number of aliphatic hydroxyl groups is 1. The molecule has 2 heterocycles. The van der Waals surface area contributed by atoms with E-state index >= 15 is 0 Å². The van der Waals surface area contributed by atoms with Crippen molar-refractivity contribution >= 4 is 27.4 Å². The third-order valence-corrected chi connectivity index (χ3v) is 5.02. The molecule has 0 atom stereocenters. The molecule has 14 heavy (non-hydrogen) atoms. The van der Waals surface area contributed by atoms with Crippen LogP contribution in [0, 0.1) is 0 Å². The molecule has 1 aliphatic heterocycles.